The summed E-state index contributed by atoms with van der Waals surface area (Å²) in [7, 11) is 0. The van der Waals surface area contributed by atoms with E-state index in [4.69, 9.17) is 4.74 Å². The molecule has 0 N–H and O–H groups in total. The van der Waals surface area contributed by atoms with Crippen LogP contribution in [-0.4, -0.2) is 53.9 Å². The van der Waals surface area contributed by atoms with Gasteiger partial charge in [-0.05, 0) is 26.3 Å². The zero-order valence-corrected chi connectivity index (χ0v) is 18.7. The number of fused-ring (bicyclic) bond motifs is 2. The van der Waals surface area contributed by atoms with Gasteiger partial charge in [0.15, 0.2) is 5.65 Å². The first kappa shape index (κ1) is 19.7. The Morgan fingerprint density at radius 2 is 2.00 bits per heavy atom. The smallest absolute Gasteiger partial charge is 0.254 e. The van der Waals surface area contributed by atoms with E-state index in [1.165, 1.54) is 0 Å². The lowest BCUT2D eigenvalue weighted by Crippen LogP contribution is -2.26. The molecule has 0 aromatic carbocycles. The van der Waals surface area contributed by atoms with Gasteiger partial charge in [0, 0.05) is 41.7 Å². The first-order valence-corrected chi connectivity index (χ1v) is 10.7. The zero-order valence-electron chi connectivity index (χ0n) is 18.7. The minimum atomic E-state index is -0.0129. The molecule has 0 spiro atoms. The van der Waals surface area contributed by atoms with Crippen molar-refractivity contribution < 1.29 is 4.74 Å². The summed E-state index contributed by atoms with van der Waals surface area (Å²) in [6, 6.07) is 3.86. The van der Waals surface area contributed by atoms with E-state index >= 15 is 0 Å². The van der Waals surface area contributed by atoms with Gasteiger partial charge in [0.25, 0.3) is 5.78 Å². The highest BCUT2D eigenvalue weighted by atomic mass is 16.5. The van der Waals surface area contributed by atoms with Crippen LogP contribution in [0, 0.1) is 19.8 Å². The molecule has 162 valence electrons. The van der Waals surface area contributed by atoms with Crippen molar-refractivity contribution in [3.8, 4) is 5.88 Å². The van der Waals surface area contributed by atoms with Crippen molar-refractivity contribution in [2.45, 2.75) is 46.5 Å². The Labute approximate surface area is 181 Å². The fraction of sp³-hybridized carbons (Fsp3) is 0.500. The monoisotopic (exact) mass is 420 g/mol. The van der Waals surface area contributed by atoms with E-state index < -0.39 is 0 Å². The van der Waals surface area contributed by atoms with E-state index in [-0.39, 0.29) is 5.41 Å². The van der Waals surface area contributed by atoms with Gasteiger partial charge in [-0.15, -0.1) is 5.10 Å². The number of rotatable bonds is 4. The van der Waals surface area contributed by atoms with Gasteiger partial charge in [-0.1, -0.05) is 20.8 Å². The average molecular weight is 421 g/mol. The molecule has 1 fully saturated rings. The van der Waals surface area contributed by atoms with Crippen molar-refractivity contribution >= 4 is 17.2 Å². The average Bonchev–Trinajstić information content (AvgIpc) is 3.45. The summed E-state index contributed by atoms with van der Waals surface area (Å²) >= 11 is 0. The van der Waals surface area contributed by atoms with Gasteiger partial charge < -0.3 is 9.64 Å². The van der Waals surface area contributed by atoms with Crippen molar-refractivity contribution in [1.82, 2.24) is 34.2 Å². The number of aryl methyl sites for hydroxylation is 1. The molecule has 9 nitrogen and oxygen atoms in total. The summed E-state index contributed by atoms with van der Waals surface area (Å²) in [6.45, 7) is 13.0. The first-order valence-electron chi connectivity index (χ1n) is 10.7. The van der Waals surface area contributed by atoms with Crippen LogP contribution in [-0.2, 0) is 5.41 Å². The Hall–Kier alpha value is -3.23. The quantitative estimate of drug-likeness (QED) is 0.502. The molecular weight excluding hydrogens is 392 g/mol. The minimum Gasteiger partial charge on any atom is -0.476 e. The Kier molecular flexibility index (Phi) is 4.56. The molecule has 4 aromatic heterocycles. The fourth-order valence-corrected chi connectivity index (χ4v) is 4.05. The van der Waals surface area contributed by atoms with Crippen LogP contribution in [0.5, 0.6) is 5.88 Å². The van der Waals surface area contributed by atoms with E-state index in [9.17, 15) is 0 Å². The van der Waals surface area contributed by atoms with Crippen LogP contribution in [0.15, 0.2) is 24.7 Å². The second-order valence-corrected chi connectivity index (χ2v) is 9.38. The lowest BCUT2D eigenvalue weighted by molar-refractivity contribution is 0.248. The number of anilines is 1. The lowest BCUT2D eigenvalue weighted by atomic mass is 9.93. The van der Waals surface area contributed by atoms with Crippen LogP contribution in [0.25, 0.3) is 11.4 Å². The molecule has 0 radical (unpaired) electrons. The van der Waals surface area contributed by atoms with Crippen LogP contribution in [0.1, 0.15) is 44.1 Å². The third-order valence-corrected chi connectivity index (χ3v) is 5.99. The van der Waals surface area contributed by atoms with Gasteiger partial charge in [0.1, 0.15) is 12.1 Å². The van der Waals surface area contributed by atoms with E-state index in [0.29, 0.717) is 24.2 Å². The number of hydrogen-bond donors (Lipinski definition) is 0. The van der Waals surface area contributed by atoms with Crippen molar-refractivity contribution in [2.75, 3.05) is 24.6 Å². The van der Waals surface area contributed by atoms with Gasteiger partial charge in [0.05, 0.1) is 18.5 Å². The van der Waals surface area contributed by atoms with E-state index in [0.717, 1.165) is 47.9 Å². The molecule has 0 aliphatic carbocycles. The van der Waals surface area contributed by atoms with Crippen molar-refractivity contribution in [3.05, 3.63) is 41.6 Å². The molecule has 5 heterocycles. The summed E-state index contributed by atoms with van der Waals surface area (Å²) in [5.41, 5.74) is 3.97. The maximum Gasteiger partial charge on any atom is 0.254 e. The van der Waals surface area contributed by atoms with Crippen molar-refractivity contribution in [1.29, 1.82) is 0 Å². The summed E-state index contributed by atoms with van der Waals surface area (Å²) in [4.78, 5) is 15.8. The highest BCUT2D eigenvalue weighted by Gasteiger charge is 2.27. The third kappa shape index (κ3) is 3.58. The van der Waals surface area contributed by atoms with Gasteiger partial charge in [-0.2, -0.15) is 14.6 Å². The van der Waals surface area contributed by atoms with Crippen LogP contribution < -0.4 is 9.64 Å². The van der Waals surface area contributed by atoms with Crippen LogP contribution in [0.2, 0.25) is 0 Å². The second-order valence-electron chi connectivity index (χ2n) is 9.38. The molecule has 0 bridgehead atoms. The predicted octanol–water partition coefficient (Wildman–Crippen LogP) is 2.99. The normalized spacial score (nSPS) is 17.2. The van der Waals surface area contributed by atoms with Crippen LogP contribution >= 0.6 is 0 Å². The lowest BCUT2D eigenvalue weighted by Gasteiger charge is -2.22. The first-order chi connectivity index (χ1) is 14.8. The molecule has 4 aromatic rings. The summed E-state index contributed by atoms with van der Waals surface area (Å²) in [5.74, 6) is 2.76. The van der Waals surface area contributed by atoms with E-state index in [2.05, 4.69) is 57.7 Å². The van der Waals surface area contributed by atoms with Gasteiger partial charge in [-0.3, -0.25) is 0 Å². The molecule has 1 atom stereocenters. The van der Waals surface area contributed by atoms with Crippen molar-refractivity contribution in [2.24, 2.45) is 5.92 Å². The minimum absolute atomic E-state index is 0.0129. The number of hydrogen-bond acceptors (Lipinski definition) is 7. The largest absolute Gasteiger partial charge is 0.476 e. The molecule has 5 rings (SSSR count). The molecule has 0 amide bonds. The van der Waals surface area contributed by atoms with Crippen LogP contribution in [0.4, 0.5) is 5.82 Å². The number of ether oxygens (including phenoxy) is 1. The maximum atomic E-state index is 6.07. The number of nitrogens with zero attached hydrogens (tertiary/aromatic N) is 8. The summed E-state index contributed by atoms with van der Waals surface area (Å²) in [6.07, 6.45) is 4.60. The fourth-order valence-electron chi connectivity index (χ4n) is 4.05. The van der Waals surface area contributed by atoms with E-state index in [1.54, 1.807) is 10.8 Å². The van der Waals surface area contributed by atoms with Gasteiger partial charge in [0.2, 0.25) is 5.88 Å². The highest BCUT2D eigenvalue weighted by Crippen LogP contribution is 2.28. The Morgan fingerprint density at radius 1 is 1.16 bits per heavy atom. The Balaban J connectivity index is 1.29. The predicted molar refractivity (Wildman–Crippen MR) is 118 cm³/mol. The third-order valence-electron chi connectivity index (χ3n) is 5.99. The Morgan fingerprint density at radius 3 is 2.81 bits per heavy atom. The second kappa shape index (κ2) is 7.18. The van der Waals surface area contributed by atoms with E-state index in [1.807, 2.05) is 29.8 Å². The number of imidazole rings is 1. The standard InChI is InChI=1S/C22H28N8O/c1-14-15(2)25-21-23-13-24-30(21)20(14)28-9-8-16(10-28)12-31-19-7-6-18-26-17(22(3,4)5)11-29(18)27-19/h6-7,11,13,16H,8-10,12H2,1-5H3. The molecule has 0 saturated carbocycles. The van der Waals surface area contributed by atoms with Gasteiger partial charge >= 0.3 is 0 Å². The van der Waals surface area contributed by atoms with Crippen molar-refractivity contribution in [3.63, 3.8) is 0 Å². The molecule has 9 heteroatoms. The SMILES string of the molecule is Cc1nc2ncnn2c(N2CCC(COc3ccc4nc(C(C)(C)C)cn4n3)C2)c1C. The molecule has 31 heavy (non-hydrogen) atoms. The Bertz CT molecular complexity index is 1250. The number of aromatic nitrogens is 7. The maximum absolute atomic E-state index is 6.07. The molecule has 1 unspecified atom stereocenters. The summed E-state index contributed by atoms with van der Waals surface area (Å²) in [5, 5.41) is 8.98. The zero-order chi connectivity index (χ0) is 21.8. The van der Waals surface area contributed by atoms with Gasteiger partial charge in [-0.25, -0.2) is 14.5 Å². The molecule has 1 saturated heterocycles. The topological polar surface area (TPSA) is 85.7 Å². The molecule has 1 aliphatic rings. The highest BCUT2D eigenvalue weighted by molar-refractivity contribution is 5.54. The molecule has 1 aliphatic heterocycles. The molecular formula is C22H28N8O. The summed E-state index contributed by atoms with van der Waals surface area (Å²) < 4.78 is 9.72. The van der Waals surface area contributed by atoms with Crippen LogP contribution in [0.3, 0.4) is 0 Å².